The maximum absolute atomic E-state index is 5.64. The van der Waals surface area contributed by atoms with Crippen LogP contribution in [0.15, 0.2) is 0 Å². The molecule has 1 heterocycles. The van der Waals surface area contributed by atoms with Crippen LogP contribution >= 0.6 is 0 Å². The van der Waals surface area contributed by atoms with Gasteiger partial charge in [0.25, 0.3) is 0 Å². The smallest absolute Gasteiger partial charge is 0.0107 e. The molecule has 1 saturated heterocycles. The van der Waals surface area contributed by atoms with Crippen molar-refractivity contribution in [1.29, 1.82) is 0 Å². The molecule has 1 rings (SSSR count). The van der Waals surface area contributed by atoms with Gasteiger partial charge in [-0.1, -0.05) is 0 Å². The van der Waals surface area contributed by atoms with E-state index in [-0.39, 0.29) is 0 Å². The summed E-state index contributed by atoms with van der Waals surface area (Å²) < 4.78 is 0. The zero-order valence-electron chi connectivity index (χ0n) is 10.6. The summed E-state index contributed by atoms with van der Waals surface area (Å²) in [5.41, 5.74) is 5.64. The molecule has 1 aliphatic rings. The Balaban J connectivity index is 2.31. The van der Waals surface area contributed by atoms with Crippen LogP contribution in [0, 0.1) is 5.92 Å². The molecule has 1 fully saturated rings. The minimum Gasteiger partial charge on any atom is -0.329 e. The van der Waals surface area contributed by atoms with Gasteiger partial charge in [0.2, 0.25) is 0 Å². The lowest BCUT2D eigenvalue weighted by Crippen LogP contribution is -2.42. The first-order valence-corrected chi connectivity index (χ1v) is 6.26. The molecule has 0 atom stereocenters. The van der Waals surface area contributed by atoms with Crippen LogP contribution in [0.4, 0.5) is 0 Å². The fourth-order valence-corrected chi connectivity index (χ4v) is 2.30. The standard InChI is InChI=1S/C12H27N3/c1-11(2)15(9-6-13)10-12-4-7-14(3)8-5-12/h11-12H,4-10,13H2,1-3H3. The van der Waals surface area contributed by atoms with E-state index in [2.05, 4.69) is 30.7 Å². The SMILES string of the molecule is CC(C)N(CCN)CC1CCN(C)CC1. The average Bonchev–Trinajstić information content (AvgIpc) is 2.20. The average molecular weight is 213 g/mol. The molecular weight excluding hydrogens is 186 g/mol. The minimum absolute atomic E-state index is 0.633. The lowest BCUT2D eigenvalue weighted by atomic mass is 9.96. The van der Waals surface area contributed by atoms with Crippen LogP contribution in [0.2, 0.25) is 0 Å². The Hall–Kier alpha value is -0.120. The van der Waals surface area contributed by atoms with Gasteiger partial charge in [-0.05, 0) is 52.7 Å². The molecule has 0 aliphatic carbocycles. The predicted octanol–water partition coefficient (Wildman–Crippen LogP) is 0.997. The fourth-order valence-electron chi connectivity index (χ4n) is 2.30. The largest absolute Gasteiger partial charge is 0.329 e. The van der Waals surface area contributed by atoms with Crippen LogP contribution in [0.25, 0.3) is 0 Å². The molecule has 0 aromatic rings. The quantitative estimate of drug-likeness (QED) is 0.739. The molecule has 0 spiro atoms. The molecule has 2 N–H and O–H groups in total. The van der Waals surface area contributed by atoms with E-state index in [9.17, 15) is 0 Å². The maximum Gasteiger partial charge on any atom is 0.0107 e. The molecule has 3 nitrogen and oxygen atoms in total. The Bertz CT molecular complexity index is 162. The number of piperidine rings is 1. The Morgan fingerprint density at radius 2 is 1.93 bits per heavy atom. The number of likely N-dealkylation sites (tertiary alicyclic amines) is 1. The summed E-state index contributed by atoms with van der Waals surface area (Å²) in [5.74, 6) is 0.884. The third-order valence-corrected chi connectivity index (χ3v) is 3.48. The fraction of sp³-hybridized carbons (Fsp3) is 1.00. The highest BCUT2D eigenvalue weighted by molar-refractivity contribution is 4.75. The van der Waals surface area contributed by atoms with Crippen molar-refractivity contribution < 1.29 is 0 Å². The normalized spacial score (nSPS) is 20.4. The van der Waals surface area contributed by atoms with E-state index in [0.717, 1.165) is 19.0 Å². The van der Waals surface area contributed by atoms with E-state index in [4.69, 9.17) is 5.73 Å². The lowest BCUT2D eigenvalue weighted by molar-refractivity contribution is 0.141. The van der Waals surface area contributed by atoms with Crippen molar-refractivity contribution in [3.05, 3.63) is 0 Å². The van der Waals surface area contributed by atoms with E-state index in [1.807, 2.05) is 0 Å². The molecule has 0 saturated carbocycles. The summed E-state index contributed by atoms with van der Waals surface area (Å²) in [6, 6.07) is 0.633. The van der Waals surface area contributed by atoms with Crippen molar-refractivity contribution in [1.82, 2.24) is 9.80 Å². The molecule has 0 amide bonds. The van der Waals surface area contributed by atoms with Gasteiger partial charge < -0.3 is 10.6 Å². The molecule has 1 aliphatic heterocycles. The number of nitrogens with zero attached hydrogens (tertiary/aromatic N) is 2. The lowest BCUT2D eigenvalue weighted by Gasteiger charge is -2.34. The molecule has 90 valence electrons. The number of rotatable bonds is 5. The first kappa shape index (κ1) is 12.9. The van der Waals surface area contributed by atoms with Gasteiger partial charge in [-0.2, -0.15) is 0 Å². The van der Waals surface area contributed by atoms with Crippen LogP contribution in [-0.2, 0) is 0 Å². The maximum atomic E-state index is 5.64. The van der Waals surface area contributed by atoms with Gasteiger partial charge in [-0.25, -0.2) is 0 Å². The molecule has 0 unspecified atom stereocenters. The Morgan fingerprint density at radius 1 is 1.33 bits per heavy atom. The van der Waals surface area contributed by atoms with Gasteiger partial charge in [-0.15, -0.1) is 0 Å². The predicted molar refractivity (Wildman–Crippen MR) is 66.0 cm³/mol. The number of hydrogen-bond acceptors (Lipinski definition) is 3. The molecule has 0 radical (unpaired) electrons. The van der Waals surface area contributed by atoms with E-state index < -0.39 is 0 Å². The van der Waals surface area contributed by atoms with Crippen molar-refractivity contribution in [2.75, 3.05) is 39.8 Å². The Morgan fingerprint density at radius 3 is 2.40 bits per heavy atom. The third-order valence-electron chi connectivity index (χ3n) is 3.48. The summed E-state index contributed by atoms with van der Waals surface area (Å²) in [6.45, 7) is 10.1. The molecule has 0 bridgehead atoms. The molecule has 15 heavy (non-hydrogen) atoms. The van der Waals surface area contributed by atoms with E-state index in [1.165, 1.54) is 32.5 Å². The second kappa shape index (κ2) is 6.46. The van der Waals surface area contributed by atoms with Gasteiger partial charge in [0.1, 0.15) is 0 Å². The van der Waals surface area contributed by atoms with Crippen LogP contribution in [0.3, 0.4) is 0 Å². The molecule has 0 aromatic carbocycles. The van der Waals surface area contributed by atoms with Crippen LogP contribution in [-0.4, -0.2) is 55.6 Å². The van der Waals surface area contributed by atoms with Gasteiger partial charge in [-0.3, -0.25) is 4.90 Å². The van der Waals surface area contributed by atoms with Crippen LogP contribution < -0.4 is 5.73 Å². The third kappa shape index (κ3) is 4.49. The van der Waals surface area contributed by atoms with Gasteiger partial charge in [0.15, 0.2) is 0 Å². The molecule has 3 heteroatoms. The minimum atomic E-state index is 0.633. The monoisotopic (exact) mass is 213 g/mol. The summed E-state index contributed by atoms with van der Waals surface area (Å²) in [7, 11) is 2.22. The highest BCUT2D eigenvalue weighted by Crippen LogP contribution is 2.18. The molecule has 0 aromatic heterocycles. The summed E-state index contributed by atoms with van der Waals surface area (Å²) in [6.07, 6.45) is 2.70. The highest BCUT2D eigenvalue weighted by atomic mass is 15.2. The van der Waals surface area contributed by atoms with Gasteiger partial charge >= 0.3 is 0 Å². The molecular formula is C12H27N3. The van der Waals surface area contributed by atoms with Crippen molar-refractivity contribution in [2.45, 2.75) is 32.7 Å². The first-order chi connectivity index (χ1) is 7.13. The van der Waals surface area contributed by atoms with Crippen molar-refractivity contribution in [3.63, 3.8) is 0 Å². The van der Waals surface area contributed by atoms with E-state index in [0.29, 0.717) is 6.04 Å². The van der Waals surface area contributed by atoms with Crippen molar-refractivity contribution in [3.8, 4) is 0 Å². The zero-order valence-corrected chi connectivity index (χ0v) is 10.6. The van der Waals surface area contributed by atoms with Crippen LogP contribution in [0.1, 0.15) is 26.7 Å². The van der Waals surface area contributed by atoms with Crippen molar-refractivity contribution in [2.24, 2.45) is 11.7 Å². The summed E-state index contributed by atoms with van der Waals surface area (Å²) >= 11 is 0. The second-order valence-electron chi connectivity index (χ2n) is 5.12. The second-order valence-corrected chi connectivity index (χ2v) is 5.12. The van der Waals surface area contributed by atoms with E-state index in [1.54, 1.807) is 0 Å². The first-order valence-electron chi connectivity index (χ1n) is 6.26. The van der Waals surface area contributed by atoms with Crippen molar-refractivity contribution >= 4 is 0 Å². The van der Waals surface area contributed by atoms with E-state index >= 15 is 0 Å². The summed E-state index contributed by atoms with van der Waals surface area (Å²) in [4.78, 5) is 4.95. The Kier molecular flexibility index (Phi) is 5.58. The highest BCUT2D eigenvalue weighted by Gasteiger charge is 2.20. The zero-order chi connectivity index (χ0) is 11.3. The summed E-state index contributed by atoms with van der Waals surface area (Å²) in [5, 5.41) is 0. The number of hydrogen-bond donors (Lipinski definition) is 1. The Labute approximate surface area is 94.6 Å². The van der Waals surface area contributed by atoms with Crippen LogP contribution in [0.5, 0.6) is 0 Å². The number of nitrogens with two attached hydrogens (primary N) is 1. The topological polar surface area (TPSA) is 32.5 Å². The van der Waals surface area contributed by atoms with Gasteiger partial charge in [0, 0.05) is 25.7 Å². The van der Waals surface area contributed by atoms with Gasteiger partial charge in [0.05, 0.1) is 0 Å².